The van der Waals surface area contributed by atoms with E-state index in [0.29, 0.717) is 0 Å². The largest absolute Gasteiger partial charge is 0.459 e. The maximum Gasteiger partial charge on any atom is 0.322 e. The van der Waals surface area contributed by atoms with E-state index in [2.05, 4.69) is 20.8 Å². The summed E-state index contributed by atoms with van der Waals surface area (Å²) in [6.07, 6.45) is 0. The molecule has 0 unspecified atom stereocenters. The highest BCUT2D eigenvalue weighted by atomic mass is 32.2. The summed E-state index contributed by atoms with van der Waals surface area (Å²) < 4.78 is 4.95. The molecular formula is C12H24O2S. The van der Waals surface area contributed by atoms with Crippen molar-refractivity contribution in [3.63, 3.8) is 0 Å². The molecule has 0 atom stereocenters. The molecule has 0 saturated carbocycles. The van der Waals surface area contributed by atoms with Crippen molar-refractivity contribution in [3.8, 4) is 0 Å². The first kappa shape index (κ1) is 14.8. The van der Waals surface area contributed by atoms with Gasteiger partial charge in [-0.1, -0.05) is 20.8 Å². The average molecular weight is 232 g/mol. The number of rotatable bonds is 2. The van der Waals surface area contributed by atoms with Gasteiger partial charge in [0.1, 0.15) is 10.3 Å². The summed E-state index contributed by atoms with van der Waals surface area (Å²) in [6.45, 7) is 15.8. The van der Waals surface area contributed by atoms with Gasteiger partial charge in [0.2, 0.25) is 0 Å². The first-order chi connectivity index (χ1) is 6.33. The topological polar surface area (TPSA) is 26.3 Å². The molecule has 0 saturated heterocycles. The van der Waals surface area contributed by atoms with Gasteiger partial charge in [-0.2, -0.15) is 0 Å². The van der Waals surface area contributed by atoms with E-state index in [9.17, 15) is 4.79 Å². The summed E-state index contributed by atoms with van der Waals surface area (Å²) in [5, 5.41) is 0. The summed E-state index contributed by atoms with van der Waals surface area (Å²) in [7, 11) is 0. The van der Waals surface area contributed by atoms with E-state index in [0.717, 1.165) is 0 Å². The van der Waals surface area contributed by atoms with Crippen LogP contribution in [0.2, 0.25) is 0 Å². The minimum absolute atomic E-state index is 0.0560. The van der Waals surface area contributed by atoms with Crippen LogP contribution in [0.1, 0.15) is 55.4 Å². The number of thioether (sulfide) groups is 1. The molecule has 0 bridgehead atoms. The Hall–Kier alpha value is -0.180. The molecule has 0 aliphatic heterocycles. The molecule has 0 aromatic heterocycles. The minimum atomic E-state index is -0.495. The highest BCUT2D eigenvalue weighted by molar-refractivity contribution is 8.02. The normalized spacial score (nSPS) is 13.9. The van der Waals surface area contributed by atoms with Gasteiger partial charge in [0.25, 0.3) is 0 Å². The SMILES string of the molecule is CC(C)(C)OC(=O)C(C)(C)SC(C)(C)C. The Morgan fingerprint density at radius 3 is 1.60 bits per heavy atom. The lowest BCUT2D eigenvalue weighted by molar-refractivity contribution is -0.156. The molecule has 0 aliphatic rings. The molecule has 15 heavy (non-hydrogen) atoms. The van der Waals surface area contributed by atoms with Crippen molar-refractivity contribution in [2.24, 2.45) is 0 Å². The van der Waals surface area contributed by atoms with Crippen LogP contribution in [0.3, 0.4) is 0 Å². The van der Waals surface area contributed by atoms with E-state index in [4.69, 9.17) is 4.74 Å². The van der Waals surface area contributed by atoms with Crippen molar-refractivity contribution in [1.29, 1.82) is 0 Å². The molecule has 0 aromatic rings. The van der Waals surface area contributed by atoms with Gasteiger partial charge in [0, 0.05) is 4.75 Å². The monoisotopic (exact) mass is 232 g/mol. The fraction of sp³-hybridized carbons (Fsp3) is 0.917. The zero-order valence-corrected chi connectivity index (χ0v) is 12.0. The minimum Gasteiger partial charge on any atom is -0.459 e. The van der Waals surface area contributed by atoms with E-state index < -0.39 is 10.3 Å². The highest BCUT2D eigenvalue weighted by Gasteiger charge is 2.36. The molecule has 0 spiro atoms. The maximum absolute atomic E-state index is 11.9. The quantitative estimate of drug-likeness (QED) is 0.680. The lowest BCUT2D eigenvalue weighted by atomic mass is 10.1. The van der Waals surface area contributed by atoms with Crippen molar-refractivity contribution in [2.75, 3.05) is 0 Å². The second kappa shape index (κ2) is 4.36. The Morgan fingerprint density at radius 2 is 1.33 bits per heavy atom. The standard InChI is InChI=1S/C12H24O2S/c1-10(2,3)14-9(13)12(7,8)15-11(4,5)6/h1-8H3. The Morgan fingerprint density at radius 1 is 0.933 bits per heavy atom. The average Bonchev–Trinajstić information content (AvgIpc) is 1.75. The lowest BCUT2D eigenvalue weighted by Gasteiger charge is -2.32. The molecule has 3 heteroatoms. The molecular weight excluding hydrogens is 208 g/mol. The molecule has 0 aliphatic carbocycles. The Balaban J connectivity index is 4.54. The van der Waals surface area contributed by atoms with E-state index >= 15 is 0 Å². The summed E-state index contributed by atoms with van der Waals surface area (Å²) in [4.78, 5) is 11.9. The first-order valence-electron chi connectivity index (χ1n) is 5.27. The lowest BCUT2D eigenvalue weighted by Crippen LogP contribution is -2.38. The summed E-state index contributed by atoms with van der Waals surface area (Å²) in [5.41, 5.74) is -0.410. The van der Waals surface area contributed by atoms with Gasteiger partial charge in [0.05, 0.1) is 0 Å². The predicted molar refractivity (Wildman–Crippen MR) is 67.3 cm³/mol. The highest BCUT2D eigenvalue weighted by Crippen LogP contribution is 2.37. The van der Waals surface area contributed by atoms with Crippen molar-refractivity contribution < 1.29 is 9.53 Å². The van der Waals surface area contributed by atoms with Crippen molar-refractivity contribution >= 4 is 17.7 Å². The van der Waals surface area contributed by atoms with Crippen LogP contribution in [-0.4, -0.2) is 21.1 Å². The number of carbonyl (C=O) groups excluding carboxylic acids is 1. The Bertz CT molecular complexity index is 231. The summed E-state index contributed by atoms with van der Waals surface area (Å²) in [6, 6.07) is 0. The van der Waals surface area contributed by atoms with Gasteiger partial charge >= 0.3 is 5.97 Å². The third-order valence-electron chi connectivity index (χ3n) is 1.45. The molecule has 2 nitrogen and oxygen atoms in total. The van der Waals surface area contributed by atoms with Crippen LogP contribution in [0.5, 0.6) is 0 Å². The fourth-order valence-electron chi connectivity index (χ4n) is 1.21. The van der Waals surface area contributed by atoms with Gasteiger partial charge in [0.15, 0.2) is 0 Å². The maximum atomic E-state index is 11.9. The third-order valence-corrected chi connectivity index (χ3v) is 2.74. The van der Waals surface area contributed by atoms with Crippen LogP contribution in [0.25, 0.3) is 0 Å². The van der Waals surface area contributed by atoms with Crippen LogP contribution in [0, 0.1) is 0 Å². The molecule has 0 aromatic carbocycles. The third kappa shape index (κ3) is 6.82. The zero-order chi connectivity index (χ0) is 12.5. The molecule has 0 rings (SSSR count). The Labute approximate surface area is 98.2 Å². The van der Waals surface area contributed by atoms with Crippen LogP contribution in [0.4, 0.5) is 0 Å². The molecule has 0 fully saturated rings. The van der Waals surface area contributed by atoms with Crippen molar-refractivity contribution in [2.45, 2.75) is 70.5 Å². The number of esters is 1. The van der Waals surface area contributed by atoms with Crippen LogP contribution >= 0.6 is 11.8 Å². The second-order valence-corrected chi connectivity index (χ2v) is 8.68. The van der Waals surface area contributed by atoms with Gasteiger partial charge in [-0.15, -0.1) is 11.8 Å². The summed E-state index contributed by atoms with van der Waals surface area (Å²) in [5.74, 6) is -0.144. The van der Waals surface area contributed by atoms with E-state index in [1.807, 2.05) is 34.6 Å². The van der Waals surface area contributed by atoms with Crippen molar-refractivity contribution in [3.05, 3.63) is 0 Å². The van der Waals surface area contributed by atoms with Gasteiger partial charge in [-0.05, 0) is 34.6 Å². The van der Waals surface area contributed by atoms with Crippen LogP contribution in [-0.2, 0) is 9.53 Å². The second-order valence-electron chi connectivity index (χ2n) is 6.23. The number of hydrogen-bond acceptors (Lipinski definition) is 3. The van der Waals surface area contributed by atoms with Crippen LogP contribution in [0.15, 0.2) is 0 Å². The molecule has 0 N–H and O–H groups in total. The van der Waals surface area contributed by atoms with Crippen LogP contribution < -0.4 is 0 Å². The van der Waals surface area contributed by atoms with E-state index in [1.165, 1.54) is 0 Å². The van der Waals surface area contributed by atoms with Gasteiger partial charge < -0.3 is 4.74 Å². The van der Waals surface area contributed by atoms with E-state index in [1.54, 1.807) is 11.8 Å². The molecule has 0 heterocycles. The van der Waals surface area contributed by atoms with Crippen molar-refractivity contribution in [1.82, 2.24) is 0 Å². The first-order valence-corrected chi connectivity index (χ1v) is 6.09. The predicted octanol–water partition coefficient (Wildman–Crippen LogP) is 3.64. The van der Waals surface area contributed by atoms with Gasteiger partial charge in [-0.3, -0.25) is 4.79 Å². The number of ether oxygens (including phenoxy) is 1. The smallest absolute Gasteiger partial charge is 0.322 e. The Kier molecular flexibility index (Phi) is 4.31. The molecule has 0 radical (unpaired) electrons. The van der Waals surface area contributed by atoms with Gasteiger partial charge in [-0.25, -0.2) is 0 Å². The zero-order valence-electron chi connectivity index (χ0n) is 11.2. The number of carbonyl (C=O) groups is 1. The fourth-order valence-corrected chi connectivity index (χ4v) is 2.86. The molecule has 0 amide bonds. The number of hydrogen-bond donors (Lipinski definition) is 0. The van der Waals surface area contributed by atoms with E-state index in [-0.39, 0.29) is 10.7 Å². The molecule has 90 valence electrons. The summed E-state index contributed by atoms with van der Waals surface area (Å²) >= 11 is 1.63.